The third kappa shape index (κ3) is 3.91. The van der Waals surface area contributed by atoms with Gasteiger partial charge in [-0.1, -0.05) is 0 Å². The summed E-state index contributed by atoms with van der Waals surface area (Å²) in [6.07, 6.45) is 3.58. The number of hydrogen-bond donors (Lipinski definition) is 2. The molecule has 1 saturated heterocycles. The van der Waals surface area contributed by atoms with Gasteiger partial charge >= 0.3 is 0 Å². The molecular formula is C13H22N4O2S. The summed E-state index contributed by atoms with van der Waals surface area (Å²) in [6.45, 7) is 2.53. The van der Waals surface area contributed by atoms with Crippen molar-refractivity contribution in [1.29, 1.82) is 0 Å². The van der Waals surface area contributed by atoms with Gasteiger partial charge in [0, 0.05) is 26.3 Å². The number of likely N-dealkylation sites (tertiary alicyclic amines) is 1. The standard InChI is InChI=1S/C13H22N4O2S/c1-14-13-6-5-12(9-15-13)20(18,19)16-8-11-4-3-7-17(2)10-11/h5-6,9,11,16H,3-4,7-8,10H2,1-2H3,(H,14,15). The number of sulfonamides is 1. The van der Waals surface area contributed by atoms with E-state index < -0.39 is 10.0 Å². The van der Waals surface area contributed by atoms with Crippen molar-refractivity contribution < 1.29 is 8.42 Å². The summed E-state index contributed by atoms with van der Waals surface area (Å²) < 4.78 is 27.0. The van der Waals surface area contributed by atoms with E-state index in [0.29, 0.717) is 18.3 Å². The van der Waals surface area contributed by atoms with Gasteiger partial charge in [-0.3, -0.25) is 0 Å². The molecule has 2 rings (SSSR count). The quantitative estimate of drug-likeness (QED) is 0.839. The maximum atomic E-state index is 12.2. The summed E-state index contributed by atoms with van der Waals surface area (Å²) in [5, 5.41) is 2.86. The van der Waals surface area contributed by atoms with E-state index in [9.17, 15) is 8.42 Å². The third-order valence-electron chi connectivity index (χ3n) is 3.59. The molecule has 0 spiro atoms. The second-order valence-electron chi connectivity index (χ2n) is 5.25. The zero-order valence-electron chi connectivity index (χ0n) is 12.0. The number of piperidine rings is 1. The summed E-state index contributed by atoms with van der Waals surface area (Å²) >= 11 is 0. The monoisotopic (exact) mass is 298 g/mol. The van der Waals surface area contributed by atoms with Gasteiger partial charge in [-0.15, -0.1) is 0 Å². The zero-order valence-corrected chi connectivity index (χ0v) is 12.8. The van der Waals surface area contributed by atoms with Crippen LogP contribution in [0.5, 0.6) is 0 Å². The van der Waals surface area contributed by atoms with Crippen LogP contribution in [0.25, 0.3) is 0 Å². The number of nitrogens with zero attached hydrogens (tertiary/aromatic N) is 2. The van der Waals surface area contributed by atoms with E-state index in [1.54, 1.807) is 19.2 Å². The highest BCUT2D eigenvalue weighted by Gasteiger charge is 2.20. The molecule has 20 heavy (non-hydrogen) atoms. The van der Waals surface area contributed by atoms with Gasteiger partial charge in [0.05, 0.1) is 0 Å². The van der Waals surface area contributed by atoms with Crippen LogP contribution in [0.15, 0.2) is 23.2 Å². The lowest BCUT2D eigenvalue weighted by molar-refractivity contribution is 0.211. The van der Waals surface area contributed by atoms with Crippen LogP contribution < -0.4 is 10.0 Å². The van der Waals surface area contributed by atoms with Gasteiger partial charge in [0.25, 0.3) is 0 Å². The van der Waals surface area contributed by atoms with Gasteiger partial charge in [-0.2, -0.15) is 0 Å². The first-order chi connectivity index (χ1) is 9.51. The molecule has 2 heterocycles. The number of rotatable bonds is 5. The van der Waals surface area contributed by atoms with Gasteiger partial charge < -0.3 is 10.2 Å². The number of anilines is 1. The minimum atomic E-state index is -3.46. The minimum Gasteiger partial charge on any atom is -0.373 e. The predicted molar refractivity (Wildman–Crippen MR) is 79.2 cm³/mol. The van der Waals surface area contributed by atoms with Crippen LogP contribution in [-0.4, -0.2) is 52.0 Å². The van der Waals surface area contributed by atoms with E-state index in [-0.39, 0.29) is 4.90 Å². The Bertz CT molecular complexity index is 530. The first kappa shape index (κ1) is 15.2. The fraction of sp³-hybridized carbons (Fsp3) is 0.615. The Balaban J connectivity index is 1.96. The topological polar surface area (TPSA) is 74.3 Å². The van der Waals surface area contributed by atoms with Crippen molar-refractivity contribution in [2.75, 3.05) is 39.0 Å². The molecule has 112 valence electrons. The molecule has 1 aliphatic rings. The Hall–Kier alpha value is -1.18. The second-order valence-corrected chi connectivity index (χ2v) is 7.02. The molecule has 1 fully saturated rings. The molecule has 1 aliphatic heterocycles. The lowest BCUT2D eigenvalue weighted by Crippen LogP contribution is -2.39. The molecule has 0 saturated carbocycles. The van der Waals surface area contributed by atoms with Crippen LogP contribution in [-0.2, 0) is 10.0 Å². The SMILES string of the molecule is CNc1ccc(S(=O)(=O)NCC2CCCN(C)C2)cn1. The van der Waals surface area contributed by atoms with Crippen molar-refractivity contribution in [1.82, 2.24) is 14.6 Å². The fourth-order valence-electron chi connectivity index (χ4n) is 2.44. The van der Waals surface area contributed by atoms with Crippen molar-refractivity contribution in [2.24, 2.45) is 5.92 Å². The Morgan fingerprint density at radius 1 is 1.45 bits per heavy atom. The van der Waals surface area contributed by atoms with E-state index in [0.717, 1.165) is 25.9 Å². The Kier molecular flexibility index (Phi) is 4.95. The fourth-order valence-corrected chi connectivity index (χ4v) is 3.50. The van der Waals surface area contributed by atoms with Crippen LogP contribution in [0.3, 0.4) is 0 Å². The molecule has 0 bridgehead atoms. The summed E-state index contributed by atoms with van der Waals surface area (Å²) in [5.41, 5.74) is 0. The minimum absolute atomic E-state index is 0.209. The summed E-state index contributed by atoms with van der Waals surface area (Å²) in [6, 6.07) is 3.22. The molecule has 1 aromatic heterocycles. The lowest BCUT2D eigenvalue weighted by Gasteiger charge is -2.29. The molecule has 6 nitrogen and oxygen atoms in total. The van der Waals surface area contributed by atoms with Crippen LogP contribution in [0.1, 0.15) is 12.8 Å². The first-order valence-electron chi connectivity index (χ1n) is 6.83. The number of hydrogen-bond acceptors (Lipinski definition) is 5. The molecule has 1 atom stereocenters. The van der Waals surface area contributed by atoms with Gasteiger partial charge in [0.15, 0.2) is 0 Å². The van der Waals surface area contributed by atoms with Gasteiger partial charge in [-0.05, 0) is 44.5 Å². The molecule has 0 aromatic carbocycles. The third-order valence-corrected chi connectivity index (χ3v) is 5.00. The Morgan fingerprint density at radius 3 is 2.85 bits per heavy atom. The van der Waals surface area contributed by atoms with E-state index >= 15 is 0 Å². The van der Waals surface area contributed by atoms with Gasteiger partial charge in [0.2, 0.25) is 10.0 Å². The van der Waals surface area contributed by atoms with Crippen molar-refractivity contribution in [3.8, 4) is 0 Å². The molecule has 7 heteroatoms. The lowest BCUT2D eigenvalue weighted by atomic mass is 9.99. The van der Waals surface area contributed by atoms with Crippen molar-refractivity contribution >= 4 is 15.8 Å². The average molecular weight is 298 g/mol. The number of nitrogens with one attached hydrogen (secondary N) is 2. The van der Waals surface area contributed by atoms with Gasteiger partial charge in [-0.25, -0.2) is 18.1 Å². The maximum Gasteiger partial charge on any atom is 0.242 e. The largest absolute Gasteiger partial charge is 0.373 e. The molecule has 0 amide bonds. The first-order valence-corrected chi connectivity index (χ1v) is 8.31. The van der Waals surface area contributed by atoms with E-state index in [1.807, 2.05) is 0 Å². The molecule has 0 radical (unpaired) electrons. The van der Waals surface area contributed by atoms with E-state index in [2.05, 4.69) is 27.0 Å². The average Bonchev–Trinajstić information content (AvgIpc) is 2.45. The van der Waals surface area contributed by atoms with Crippen LogP contribution in [0.2, 0.25) is 0 Å². The maximum absolute atomic E-state index is 12.2. The van der Waals surface area contributed by atoms with E-state index in [1.165, 1.54) is 6.20 Å². The summed E-state index contributed by atoms with van der Waals surface area (Å²) in [5.74, 6) is 1.03. The van der Waals surface area contributed by atoms with Crippen molar-refractivity contribution in [3.05, 3.63) is 18.3 Å². The predicted octanol–water partition coefficient (Wildman–Crippen LogP) is 0.743. The molecule has 2 N–H and O–H groups in total. The van der Waals surface area contributed by atoms with E-state index in [4.69, 9.17) is 0 Å². The highest BCUT2D eigenvalue weighted by atomic mass is 32.2. The normalized spacial score (nSPS) is 20.8. The van der Waals surface area contributed by atoms with Crippen LogP contribution >= 0.6 is 0 Å². The smallest absolute Gasteiger partial charge is 0.242 e. The molecular weight excluding hydrogens is 276 g/mol. The number of pyridine rings is 1. The number of aromatic nitrogens is 1. The highest BCUT2D eigenvalue weighted by molar-refractivity contribution is 7.89. The molecule has 0 aliphatic carbocycles. The summed E-state index contributed by atoms with van der Waals surface area (Å²) in [7, 11) is 0.354. The Morgan fingerprint density at radius 2 is 2.25 bits per heavy atom. The molecule has 1 aromatic rings. The zero-order chi connectivity index (χ0) is 14.6. The Labute approximate surface area is 120 Å². The summed E-state index contributed by atoms with van der Waals surface area (Å²) in [4.78, 5) is 6.48. The van der Waals surface area contributed by atoms with Gasteiger partial charge in [0.1, 0.15) is 10.7 Å². The van der Waals surface area contributed by atoms with Crippen LogP contribution in [0, 0.1) is 5.92 Å². The highest BCUT2D eigenvalue weighted by Crippen LogP contribution is 2.15. The molecule has 1 unspecified atom stereocenters. The second kappa shape index (κ2) is 6.51. The van der Waals surface area contributed by atoms with Crippen molar-refractivity contribution in [2.45, 2.75) is 17.7 Å². The van der Waals surface area contributed by atoms with Crippen molar-refractivity contribution in [3.63, 3.8) is 0 Å². The van der Waals surface area contributed by atoms with Crippen LogP contribution in [0.4, 0.5) is 5.82 Å².